The maximum atomic E-state index is 13.2. The first kappa shape index (κ1) is 21.9. The molecule has 3 aromatic carbocycles. The van der Waals surface area contributed by atoms with Gasteiger partial charge in [0.25, 0.3) is 5.91 Å². The lowest BCUT2D eigenvalue weighted by Crippen LogP contribution is -2.30. The van der Waals surface area contributed by atoms with Gasteiger partial charge in [-0.25, -0.2) is 0 Å². The molecule has 1 N–H and O–H groups in total. The molecule has 1 amide bonds. The Morgan fingerprint density at radius 1 is 1.00 bits per heavy atom. The Labute approximate surface area is 194 Å². The molecule has 4 aromatic rings. The molecule has 32 heavy (non-hydrogen) atoms. The number of para-hydroxylation sites is 1. The zero-order valence-electron chi connectivity index (χ0n) is 17.3. The van der Waals surface area contributed by atoms with Gasteiger partial charge in [0.05, 0.1) is 10.7 Å². The van der Waals surface area contributed by atoms with Gasteiger partial charge in [0.2, 0.25) is 5.78 Å². The van der Waals surface area contributed by atoms with Crippen molar-refractivity contribution in [2.24, 2.45) is 0 Å². The number of ketones is 1. The van der Waals surface area contributed by atoms with Crippen molar-refractivity contribution in [2.45, 2.75) is 20.0 Å². The van der Waals surface area contributed by atoms with Crippen LogP contribution in [0.25, 0.3) is 11.0 Å². The van der Waals surface area contributed by atoms with E-state index in [1.807, 2.05) is 19.1 Å². The Kier molecular flexibility index (Phi) is 6.21. The number of nitrogens with one attached hydrogen (secondary N) is 1. The van der Waals surface area contributed by atoms with Crippen molar-refractivity contribution in [3.05, 3.63) is 93.7 Å². The molecule has 0 radical (unpaired) electrons. The van der Waals surface area contributed by atoms with E-state index in [9.17, 15) is 9.59 Å². The number of ether oxygens (including phenoxy) is 1. The lowest BCUT2D eigenvalue weighted by atomic mass is 10.1. The number of halogens is 2. The molecule has 162 valence electrons. The third kappa shape index (κ3) is 4.49. The quantitative estimate of drug-likeness (QED) is 0.321. The molecule has 4 rings (SSSR count). The summed E-state index contributed by atoms with van der Waals surface area (Å²) in [6.45, 7) is 3.53. The lowest BCUT2D eigenvalue weighted by Gasteiger charge is -2.16. The van der Waals surface area contributed by atoms with Crippen LogP contribution in [0.4, 0.5) is 5.69 Å². The van der Waals surface area contributed by atoms with Gasteiger partial charge in [-0.3, -0.25) is 9.59 Å². The maximum Gasteiger partial charge on any atom is 0.265 e. The molecule has 1 heterocycles. The standard InChI is InChI=1S/C25H19Cl2NO4/c1-14-7-9-16(10-8-14)23(29)24-22(18-5-3-4-6-20(18)32-24)28-25(30)15(2)31-21-12-11-17(26)13-19(21)27/h3-13,15H,1-2H3,(H,28,30). The van der Waals surface area contributed by atoms with E-state index >= 15 is 0 Å². The minimum Gasteiger partial charge on any atom is -0.479 e. The van der Waals surface area contributed by atoms with E-state index in [0.717, 1.165) is 5.56 Å². The molecular formula is C25H19Cl2NO4. The SMILES string of the molecule is Cc1ccc(C(=O)c2oc3ccccc3c2NC(=O)C(C)Oc2ccc(Cl)cc2Cl)cc1. The zero-order chi connectivity index (χ0) is 22.8. The normalized spacial score (nSPS) is 11.9. The van der Waals surface area contributed by atoms with Gasteiger partial charge >= 0.3 is 0 Å². The number of carbonyl (C=O) groups excluding carboxylic acids is 2. The van der Waals surface area contributed by atoms with Crippen LogP contribution in [0.1, 0.15) is 28.6 Å². The topological polar surface area (TPSA) is 68.5 Å². The Hall–Kier alpha value is -3.28. The molecule has 0 bridgehead atoms. The summed E-state index contributed by atoms with van der Waals surface area (Å²) in [5.74, 6) is -0.404. The average molecular weight is 468 g/mol. The third-order valence-corrected chi connectivity index (χ3v) is 5.46. The van der Waals surface area contributed by atoms with Crippen molar-refractivity contribution < 1.29 is 18.7 Å². The molecule has 5 nitrogen and oxygen atoms in total. The molecule has 0 aliphatic carbocycles. The van der Waals surface area contributed by atoms with Crippen LogP contribution in [0.5, 0.6) is 5.75 Å². The number of fused-ring (bicyclic) bond motifs is 1. The number of aryl methyl sites for hydroxylation is 1. The molecule has 1 atom stereocenters. The number of hydrogen-bond acceptors (Lipinski definition) is 4. The minimum atomic E-state index is -0.898. The van der Waals surface area contributed by atoms with Gasteiger partial charge in [-0.15, -0.1) is 0 Å². The van der Waals surface area contributed by atoms with E-state index in [4.69, 9.17) is 32.4 Å². The Balaban J connectivity index is 1.64. The summed E-state index contributed by atoms with van der Waals surface area (Å²) in [5.41, 5.74) is 2.29. The van der Waals surface area contributed by atoms with Gasteiger partial charge in [-0.2, -0.15) is 0 Å². The summed E-state index contributed by atoms with van der Waals surface area (Å²) in [6, 6.07) is 19.0. The smallest absolute Gasteiger partial charge is 0.265 e. The highest BCUT2D eigenvalue weighted by Gasteiger charge is 2.25. The highest BCUT2D eigenvalue weighted by atomic mass is 35.5. The second-order valence-electron chi connectivity index (χ2n) is 7.32. The van der Waals surface area contributed by atoms with Crippen LogP contribution in [-0.2, 0) is 4.79 Å². The fourth-order valence-electron chi connectivity index (χ4n) is 3.21. The van der Waals surface area contributed by atoms with E-state index in [-0.39, 0.29) is 11.5 Å². The summed E-state index contributed by atoms with van der Waals surface area (Å²) in [4.78, 5) is 26.1. The van der Waals surface area contributed by atoms with Crippen LogP contribution >= 0.6 is 23.2 Å². The number of carbonyl (C=O) groups is 2. The van der Waals surface area contributed by atoms with Gasteiger partial charge in [-0.05, 0) is 44.2 Å². The van der Waals surface area contributed by atoms with Gasteiger partial charge < -0.3 is 14.5 Å². The Bertz CT molecular complexity index is 1310. The fraction of sp³-hybridized carbons (Fsp3) is 0.120. The Morgan fingerprint density at radius 2 is 1.72 bits per heavy atom. The molecule has 1 aromatic heterocycles. The number of rotatable bonds is 6. The first-order valence-electron chi connectivity index (χ1n) is 9.89. The van der Waals surface area contributed by atoms with Gasteiger partial charge in [0, 0.05) is 16.0 Å². The van der Waals surface area contributed by atoms with E-state index < -0.39 is 12.0 Å². The van der Waals surface area contributed by atoms with Crippen molar-refractivity contribution in [3.8, 4) is 5.75 Å². The summed E-state index contributed by atoms with van der Waals surface area (Å²) >= 11 is 12.1. The largest absolute Gasteiger partial charge is 0.479 e. The number of hydrogen-bond donors (Lipinski definition) is 1. The van der Waals surface area contributed by atoms with Crippen LogP contribution in [0.3, 0.4) is 0 Å². The summed E-state index contributed by atoms with van der Waals surface area (Å²) in [7, 11) is 0. The molecular weight excluding hydrogens is 449 g/mol. The molecule has 7 heteroatoms. The molecule has 1 unspecified atom stereocenters. The number of amides is 1. The minimum absolute atomic E-state index is 0.0557. The first-order chi connectivity index (χ1) is 15.3. The maximum absolute atomic E-state index is 13.2. The molecule has 0 aliphatic heterocycles. The molecule has 0 fully saturated rings. The monoisotopic (exact) mass is 467 g/mol. The molecule has 0 saturated carbocycles. The molecule has 0 saturated heterocycles. The second kappa shape index (κ2) is 9.07. The van der Waals surface area contributed by atoms with Crippen LogP contribution in [0.15, 0.2) is 71.1 Å². The summed E-state index contributed by atoms with van der Waals surface area (Å²) < 4.78 is 11.5. The van der Waals surface area contributed by atoms with Gasteiger partial charge in [0.1, 0.15) is 11.3 Å². The van der Waals surface area contributed by atoms with Gasteiger partial charge in [-0.1, -0.05) is 65.2 Å². The van der Waals surface area contributed by atoms with Crippen molar-refractivity contribution >= 4 is 51.5 Å². The summed E-state index contributed by atoms with van der Waals surface area (Å²) in [5, 5.41) is 4.17. The molecule has 0 spiro atoms. The summed E-state index contributed by atoms with van der Waals surface area (Å²) in [6.07, 6.45) is -0.898. The number of benzene rings is 3. The molecule has 0 aliphatic rings. The average Bonchev–Trinajstić information content (AvgIpc) is 3.14. The Morgan fingerprint density at radius 3 is 2.44 bits per heavy atom. The lowest BCUT2D eigenvalue weighted by molar-refractivity contribution is -0.122. The van der Waals surface area contributed by atoms with Gasteiger partial charge in [0.15, 0.2) is 11.9 Å². The first-order valence-corrected chi connectivity index (χ1v) is 10.6. The van der Waals surface area contributed by atoms with Crippen LogP contribution in [0.2, 0.25) is 10.0 Å². The fourth-order valence-corrected chi connectivity index (χ4v) is 3.66. The number of furan rings is 1. The second-order valence-corrected chi connectivity index (χ2v) is 8.17. The van der Waals surface area contributed by atoms with Crippen LogP contribution < -0.4 is 10.1 Å². The van der Waals surface area contributed by atoms with Crippen LogP contribution in [0, 0.1) is 6.92 Å². The van der Waals surface area contributed by atoms with E-state index in [2.05, 4.69) is 5.32 Å². The van der Waals surface area contributed by atoms with Crippen molar-refractivity contribution in [1.82, 2.24) is 0 Å². The highest BCUT2D eigenvalue weighted by Crippen LogP contribution is 2.33. The predicted octanol–water partition coefficient (Wildman–Crippen LogP) is 6.69. The zero-order valence-corrected chi connectivity index (χ0v) is 18.8. The highest BCUT2D eigenvalue weighted by molar-refractivity contribution is 6.35. The van der Waals surface area contributed by atoms with E-state index in [1.54, 1.807) is 55.5 Å². The van der Waals surface area contributed by atoms with Crippen molar-refractivity contribution in [2.75, 3.05) is 5.32 Å². The third-order valence-electron chi connectivity index (χ3n) is 4.93. The van der Waals surface area contributed by atoms with E-state index in [1.165, 1.54) is 6.07 Å². The van der Waals surface area contributed by atoms with Crippen LogP contribution in [-0.4, -0.2) is 17.8 Å². The van der Waals surface area contributed by atoms with Crippen molar-refractivity contribution in [1.29, 1.82) is 0 Å². The predicted molar refractivity (Wildman–Crippen MR) is 126 cm³/mol. The number of anilines is 1. The van der Waals surface area contributed by atoms with Crippen molar-refractivity contribution in [3.63, 3.8) is 0 Å². The van der Waals surface area contributed by atoms with E-state index in [0.29, 0.717) is 38.0 Å².